The fraction of sp³-hybridized carbons (Fsp3) is 0.429. The Morgan fingerprint density at radius 3 is 3.00 bits per heavy atom. The second kappa shape index (κ2) is 4.90. The summed E-state index contributed by atoms with van der Waals surface area (Å²) in [7, 11) is 0. The molecule has 1 unspecified atom stereocenters. The molecule has 4 nitrogen and oxygen atoms in total. The average molecular weight is 242 g/mol. The average Bonchev–Trinajstić information content (AvgIpc) is 2.93. The maximum Gasteiger partial charge on any atom is 0.148 e. The van der Waals surface area contributed by atoms with Crippen LogP contribution in [0, 0.1) is 0 Å². The minimum atomic E-state index is 0.312. The Kier molecular flexibility index (Phi) is 3.11. The first-order chi connectivity index (χ1) is 8.88. The summed E-state index contributed by atoms with van der Waals surface area (Å²) < 4.78 is 0. The van der Waals surface area contributed by atoms with Crippen molar-refractivity contribution < 1.29 is 0 Å². The largest absolute Gasteiger partial charge is 0.370 e. The molecule has 0 radical (unpaired) electrons. The van der Waals surface area contributed by atoms with Gasteiger partial charge in [-0.15, -0.1) is 0 Å². The minimum Gasteiger partial charge on any atom is -0.370 e. The SMILES string of the molecule is CCNc1nc(C2CCCN2)nc2ccccc12. The van der Waals surface area contributed by atoms with Crippen LogP contribution in [0.1, 0.15) is 31.6 Å². The van der Waals surface area contributed by atoms with Gasteiger partial charge >= 0.3 is 0 Å². The van der Waals surface area contributed by atoms with Crippen LogP contribution in [0.4, 0.5) is 5.82 Å². The highest BCUT2D eigenvalue weighted by atomic mass is 15.1. The standard InChI is InChI=1S/C14H18N4/c1-2-15-13-10-6-3-4-7-11(10)17-14(18-13)12-8-5-9-16-12/h3-4,6-7,12,16H,2,5,8-9H2,1H3,(H,15,17,18). The molecule has 1 atom stereocenters. The first-order valence-electron chi connectivity index (χ1n) is 6.62. The Hall–Kier alpha value is -1.68. The summed E-state index contributed by atoms with van der Waals surface area (Å²) in [5, 5.41) is 7.89. The molecule has 3 rings (SSSR count). The lowest BCUT2D eigenvalue weighted by molar-refractivity contribution is 0.609. The van der Waals surface area contributed by atoms with E-state index >= 15 is 0 Å². The van der Waals surface area contributed by atoms with Crippen LogP contribution in [0.15, 0.2) is 24.3 Å². The van der Waals surface area contributed by atoms with Gasteiger partial charge in [0.15, 0.2) is 0 Å². The molecule has 18 heavy (non-hydrogen) atoms. The zero-order chi connectivity index (χ0) is 12.4. The Balaban J connectivity index is 2.10. The topological polar surface area (TPSA) is 49.8 Å². The molecule has 2 N–H and O–H groups in total. The van der Waals surface area contributed by atoms with E-state index in [1.807, 2.05) is 12.1 Å². The third-order valence-corrected chi connectivity index (χ3v) is 3.34. The summed E-state index contributed by atoms with van der Waals surface area (Å²) in [6.07, 6.45) is 2.33. The number of fused-ring (bicyclic) bond motifs is 1. The summed E-state index contributed by atoms with van der Waals surface area (Å²) in [4.78, 5) is 9.37. The predicted molar refractivity (Wildman–Crippen MR) is 73.7 cm³/mol. The molecule has 4 heteroatoms. The van der Waals surface area contributed by atoms with Gasteiger partial charge in [-0.05, 0) is 38.4 Å². The normalized spacial score (nSPS) is 19.3. The van der Waals surface area contributed by atoms with Crippen molar-refractivity contribution in [1.29, 1.82) is 0 Å². The number of hydrogen-bond acceptors (Lipinski definition) is 4. The fourth-order valence-electron chi connectivity index (χ4n) is 2.46. The molecular formula is C14H18N4. The van der Waals surface area contributed by atoms with E-state index in [9.17, 15) is 0 Å². The summed E-state index contributed by atoms with van der Waals surface area (Å²) in [5.74, 6) is 1.87. The Labute approximate surface area is 107 Å². The molecule has 1 aliphatic rings. The fourth-order valence-corrected chi connectivity index (χ4v) is 2.46. The monoisotopic (exact) mass is 242 g/mol. The number of hydrogen-bond donors (Lipinski definition) is 2. The number of nitrogens with one attached hydrogen (secondary N) is 2. The van der Waals surface area contributed by atoms with Crippen molar-refractivity contribution in [2.45, 2.75) is 25.8 Å². The van der Waals surface area contributed by atoms with Crippen molar-refractivity contribution in [3.05, 3.63) is 30.1 Å². The quantitative estimate of drug-likeness (QED) is 0.868. The molecule has 1 aliphatic heterocycles. The highest BCUT2D eigenvalue weighted by Gasteiger charge is 2.20. The first kappa shape index (κ1) is 11.4. The van der Waals surface area contributed by atoms with Gasteiger partial charge in [0, 0.05) is 11.9 Å². The van der Waals surface area contributed by atoms with E-state index in [4.69, 9.17) is 0 Å². The second-order valence-corrected chi connectivity index (χ2v) is 4.63. The van der Waals surface area contributed by atoms with Gasteiger partial charge < -0.3 is 10.6 Å². The number of rotatable bonds is 3. The molecule has 1 aromatic carbocycles. The van der Waals surface area contributed by atoms with E-state index in [1.165, 1.54) is 6.42 Å². The second-order valence-electron chi connectivity index (χ2n) is 4.63. The molecule has 1 fully saturated rings. The van der Waals surface area contributed by atoms with Crippen molar-refractivity contribution in [1.82, 2.24) is 15.3 Å². The number of aromatic nitrogens is 2. The molecule has 2 aromatic rings. The van der Waals surface area contributed by atoms with Crippen molar-refractivity contribution >= 4 is 16.7 Å². The Morgan fingerprint density at radius 1 is 1.33 bits per heavy atom. The molecule has 0 bridgehead atoms. The van der Waals surface area contributed by atoms with Crippen LogP contribution in [-0.4, -0.2) is 23.1 Å². The Morgan fingerprint density at radius 2 is 2.22 bits per heavy atom. The summed E-state index contributed by atoms with van der Waals surface area (Å²) in [6, 6.07) is 8.49. The van der Waals surface area contributed by atoms with Crippen LogP contribution in [0.3, 0.4) is 0 Å². The lowest BCUT2D eigenvalue weighted by atomic mass is 10.2. The minimum absolute atomic E-state index is 0.312. The summed E-state index contributed by atoms with van der Waals surface area (Å²) >= 11 is 0. The lowest BCUT2D eigenvalue weighted by Gasteiger charge is -2.13. The molecule has 1 saturated heterocycles. The maximum atomic E-state index is 4.69. The first-order valence-corrected chi connectivity index (χ1v) is 6.62. The van der Waals surface area contributed by atoms with Crippen LogP contribution in [0.5, 0.6) is 0 Å². The van der Waals surface area contributed by atoms with Crippen LogP contribution >= 0.6 is 0 Å². The van der Waals surface area contributed by atoms with E-state index in [0.29, 0.717) is 6.04 Å². The van der Waals surface area contributed by atoms with Gasteiger partial charge in [-0.2, -0.15) is 0 Å². The zero-order valence-electron chi connectivity index (χ0n) is 10.6. The molecular weight excluding hydrogens is 224 g/mol. The highest BCUT2D eigenvalue weighted by molar-refractivity contribution is 5.89. The van der Waals surface area contributed by atoms with Crippen molar-refractivity contribution in [3.8, 4) is 0 Å². The number of benzene rings is 1. The smallest absolute Gasteiger partial charge is 0.148 e. The van der Waals surface area contributed by atoms with Gasteiger partial charge in [0.1, 0.15) is 11.6 Å². The molecule has 0 saturated carbocycles. The van der Waals surface area contributed by atoms with Crippen LogP contribution < -0.4 is 10.6 Å². The third kappa shape index (κ3) is 2.04. The third-order valence-electron chi connectivity index (χ3n) is 3.34. The van der Waals surface area contributed by atoms with Gasteiger partial charge in [-0.25, -0.2) is 9.97 Å². The number of para-hydroxylation sites is 1. The van der Waals surface area contributed by atoms with E-state index < -0.39 is 0 Å². The van der Waals surface area contributed by atoms with Gasteiger partial charge in [-0.3, -0.25) is 0 Å². The summed E-state index contributed by atoms with van der Waals surface area (Å²) in [5.41, 5.74) is 1.02. The van der Waals surface area contributed by atoms with E-state index in [1.54, 1.807) is 0 Å². The van der Waals surface area contributed by atoms with Crippen LogP contribution in [-0.2, 0) is 0 Å². The zero-order valence-corrected chi connectivity index (χ0v) is 10.6. The molecule has 0 spiro atoms. The predicted octanol–water partition coefficient (Wildman–Crippen LogP) is 2.49. The van der Waals surface area contributed by atoms with E-state index in [0.717, 1.165) is 42.1 Å². The maximum absolute atomic E-state index is 4.69. The van der Waals surface area contributed by atoms with Crippen LogP contribution in [0.2, 0.25) is 0 Å². The van der Waals surface area contributed by atoms with Crippen molar-refractivity contribution in [3.63, 3.8) is 0 Å². The summed E-state index contributed by atoms with van der Waals surface area (Å²) in [6.45, 7) is 4.03. The number of anilines is 1. The molecule has 2 heterocycles. The Bertz CT molecular complexity index is 546. The van der Waals surface area contributed by atoms with Gasteiger partial charge in [0.25, 0.3) is 0 Å². The number of nitrogens with zero attached hydrogens (tertiary/aromatic N) is 2. The van der Waals surface area contributed by atoms with Gasteiger partial charge in [0.2, 0.25) is 0 Å². The van der Waals surface area contributed by atoms with Crippen molar-refractivity contribution in [2.24, 2.45) is 0 Å². The van der Waals surface area contributed by atoms with Crippen LogP contribution in [0.25, 0.3) is 10.9 Å². The molecule has 94 valence electrons. The van der Waals surface area contributed by atoms with E-state index in [-0.39, 0.29) is 0 Å². The molecule has 1 aromatic heterocycles. The van der Waals surface area contributed by atoms with Crippen molar-refractivity contribution in [2.75, 3.05) is 18.4 Å². The van der Waals surface area contributed by atoms with Gasteiger partial charge in [0.05, 0.1) is 11.6 Å². The highest BCUT2D eigenvalue weighted by Crippen LogP contribution is 2.25. The van der Waals surface area contributed by atoms with Gasteiger partial charge in [-0.1, -0.05) is 12.1 Å². The molecule has 0 aliphatic carbocycles. The van der Waals surface area contributed by atoms with E-state index in [2.05, 4.69) is 39.7 Å². The lowest BCUT2D eigenvalue weighted by Crippen LogP contribution is -2.17. The molecule has 0 amide bonds.